The molecule has 2 rings (SSSR count). The van der Waals surface area contributed by atoms with E-state index in [9.17, 15) is 4.79 Å². The summed E-state index contributed by atoms with van der Waals surface area (Å²) >= 11 is 0. The lowest BCUT2D eigenvalue weighted by molar-refractivity contribution is 0.0491. The molecule has 0 unspecified atom stereocenters. The highest BCUT2D eigenvalue weighted by atomic mass is 28.4. The Hall–Kier alpha value is -0.593. The quantitative estimate of drug-likeness (QED) is 0.525. The minimum atomic E-state index is -1.87. The zero-order chi connectivity index (χ0) is 22.3. The number of likely N-dealkylation sites (tertiary alicyclic amines) is 1. The molecule has 0 N–H and O–H groups in total. The Bertz CT molecular complexity index is 570. The largest absolute Gasteiger partial charge is 0.441 e. The average molecular weight is 427 g/mol. The summed E-state index contributed by atoms with van der Waals surface area (Å²) in [5.74, 6) is 0.687. The number of carbonyl (C=O) groups is 1. The summed E-state index contributed by atoms with van der Waals surface area (Å²) < 4.78 is 12.2. The second-order valence-electron chi connectivity index (χ2n) is 12.1. The first-order chi connectivity index (χ1) is 13.0. The monoisotopic (exact) mass is 426 g/mol. The average Bonchev–Trinajstić information content (AvgIpc) is 2.77. The fourth-order valence-electron chi connectivity index (χ4n) is 4.11. The van der Waals surface area contributed by atoms with Gasteiger partial charge < -0.3 is 9.16 Å². The van der Waals surface area contributed by atoms with Gasteiger partial charge >= 0.3 is 6.09 Å². The molecule has 2 fully saturated rings. The number of hydrogen-bond acceptors (Lipinski definition) is 4. The molecular formula is C23H46N2O3Si. The Morgan fingerprint density at radius 2 is 1.66 bits per heavy atom. The van der Waals surface area contributed by atoms with Crippen LogP contribution in [0.5, 0.6) is 0 Å². The fourth-order valence-corrected chi connectivity index (χ4v) is 5.12. The highest BCUT2D eigenvalue weighted by Gasteiger charge is 2.49. The third-order valence-electron chi connectivity index (χ3n) is 7.51. The first-order valence-electron chi connectivity index (χ1n) is 11.4. The van der Waals surface area contributed by atoms with Crippen molar-refractivity contribution in [2.24, 2.45) is 5.92 Å². The molecule has 0 saturated carbocycles. The number of ether oxygens (including phenoxy) is 1. The van der Waals surface area contributed by atoms with Gasteiger partial charge in [-0.1, -0.05) is 20.8 Å². The minimum Gasteiger partial charge on any atom is -0.441 e. The molecular weight excluding hydrogens is 380 g/mol. The minimum absolute atomic E-state index is 0.0150. The van der Waals surface area contributed by atoms with E-state index >= 15 is 0 Å². The van der Waals surface area contributed by atoms with E-state index in [1.54, 1.807) is 0 Å². The topological polar surface area (TPSA) is 42.0 Å². The summed E-state index contributed by atoms with van der Waals surface area (Å²) in [5.41, 5.74) is -0.255. The Kier molecular flexibility index (Phi) is 7.24. The molecule has 29 heavy (non-hydrogen) atoms. The summed E-state index contributed by atoms with van der Waals surface area (Å²) in [6, 6.07) is -0.0150. The highest BCUT2D eigenvalue weighted by molar-refractivity contribution is 6.74. The number of hydrogen-bond donors (Lipinski definition) is 0. The Morgan fingerprint density at radius 1 is 1.10 bits per heavy atom. The lowest BCUT2D eigenvalue weighted by Crippen LogP contribution is -2.50. The summed E-state index contributed by atoms with van der Waals surface area (Å²) in [4.78, 5) is 17.2. The van der Waals surface area contributed by atoms with Crippen LogP contribution in [0.25, 0.3) is 0 Å². The maximum absolute atomic E-state index is 12.6. The molecule has 0 radical (unpaired) electrons. The van der Waals surface area contributed by atoms with Gasteiger partial charge in [-0.15, -0.1) is 0 Å². The second kappa shape index (κ2) is 8.50. The predicted molar refractivity (Wildman–Crippen MR) is 123 cm³/mol. The van der Waals surface area contributed by atoms with Gasteiger partial charge in [0.25, 0.3) is 0 Å². The number of cyclic esters (lactones) is 1. The van der Waals surface area contributed by atoms with Crippen LogP contribution in [0.3, 0.4) is 0 Å². The van der Waals surface area contributed by atoms with E-state index in [1.807, 2.05) is 18.7 Å². The van der Waals surface area contributed by atoms with Crippen molar-refractivity contribution >= 4 is 14.4 Å². The summed E-state index contributed by atoms with van der Waals surface area (Å²) in [7, 11) is -1.87. The van der Waals surface area contributed by atoms with Crippen LogP contribution >= 0.6 is 0 Å². The molecule has 0 aromatic carbocycles. The van der Waals surface area contributed by atoms with Gasteiger partial charge in [0.15, 0.2) is 8.32 Å². The van der Waals surface area contributed by atoms with Crippen LogP contribution in [0.1, 0.15) is 74.7 Å². The third-order valence-corrected chi connectivity index (χ3v) is 12.0. The molecule has 0 aromatic heterocycles. The van der Waals surface area contributed by atoms with Crippen molar-refractivity contribution in [1.82, 2.24) is 9.80 Å². The van der Waals surface area contributed by atoms with Gasteiger partial charge in [0.1, 0.15) is 5.60 Å². The molecule has 0 spiro atoms. The van der Waals surface area contributed by atoms with Gasteiger partial charge in [0, 0.05) is 12.1 Å². The van der Waals surface area contributed by atoms with Crippen LogP contribution in [-0.2, 0) is 9.16 Å². The number of carbonyl (C=O) groups excluding carboxylic acids is 1. The number of rotatable bonds is 6. The Labute approximate surface area is 180 Å². The van der Waals surface area contributed by atoms with Crippen molar-refractivity contribution in [1.29, 1.82) is 0 Å². The zero-order valence-corrected chi connectivity index (χ0v) is 21.7. The van der Waals surface area contributed by atoms with E-state index in [0.29, 0.717) is 12.5 Å². The van der Waals surface area contributed by atoms with Gasteiger partial charge in [-0.3, -0.25) is 9.80 Å². The molecule has 2 heterocycles. The standard InChI is InChI=1S/C23H46N2O3Si/c1-21(2,3)24-14-11-18(12-15-24)13-16-25-19(23(7,8)28-20(25)26)17-27-29(9,10)22(4,5)6/h18-19H,11-17H2,1-10H3/t19-/m1/s1. The highest BCUT2D eigenvalue weighted by Crippen LogP contribution is 2.38. The van der Waals surface area contributed by atoms with Crippen molar-refractivity contribution in [3.05, 3.63) is 0 Å². The van der Waals surface area contributed by atoms with Gasteiger partial charge in [-0.2, -0.15) is 0 Å². The van der Waals surface area contributed by atoms with Gasteiger partial charge in [0.05, 0.1) is 12.6 Å². The third kappa shape index (κ3) is 5.98. The molecule has 2 aliphatic rings. The Morgan fingerprint density at radius 3 is 2.14 bits per heavy atom. The molecule has 0 aromatic rings. The van der Waals surface area contributed by atoms with Crippen molar-refractivity contribution in [2.45, 2.75) is 110 Å². The maximum Gasteiger partial charge on any atom is 0.410 e. The van der Waals surface area contributed by atoms with E-state index in [4.69, 9.17) is 9.16 Å². The van der Waals surface area contributed by atoms with Gasteiger partial charge in [-0.25, -0.2) is 4.79 Å². The van der Waals surface area contributed by atoms with Crippen LogP contribution in [-0.4, -0.2) is 67.6 Å². The van der Waals surface area contributed by atoms with E-state index in [0.717, 1.165) is 26.1 Å². The molecule has 0 bridgehead atoms. The second-order valence-corrected chi connectivity index (χ2v) is 17.0. The molecule has 0 aliphatic carbocycles. The van der Waals surface area contributed by atoms with E-state index in [1.165, 1.54) is 12.8 Å². The molecule has 170 valence electrons. The molecule has 2 aliphatic heterocycles. The van der Waals surface area contributed by atoms with E-state index in [2.05, 4.69) is 59.5 Å². The summed E-state index contributed by atoms with van der Waals surface area (Å²) in [6.07, 6.45) is 3.31. The van der Waals surface area contributed by atoms with Crippen LogP contribution in [0.2, 0.25) is 18.1 Å². The van der Waals surface area contributed by atoms with Gasteiger partial charge in [0.2, 0.25) is 0 Å². The smallest absolute Gasteiger partial charge is 0.410 e. The number of amides is 1. The van der Waals surface area contributed by atoms with Crippen molar-refractivity contribution < 1.29 is 14.0 Å². The van der Waals surface area contributed by atoms with Crippen LogP contribution < -0.4 is 0 Å². The zero-order valence-electron chi connectivity index (χ0n) is 20.7. The molecule has 5 nitrogen and oxygen atoms in total. The lowest BCUT2D eigenvalue weighted by atomic mass is 9.90. The normalized spacial score (nSPS) is 24.8. The molecule has 2 saturated heterocycles. The SMILES string of the molecule is CC1(C)OC(=O)N(CCC2CCN(C(C)(C)C)CC2)[C@@H]1CO[Si](C)(C)C(C)(C)C. The number of nitrogens with zero attached hydrogens (tertiary/aromatic N) is 2. The first kappa shape index (κ1) is 24.7. The van der Waals surface area contributed by atoms with Crippen molar-refractivity contribution in [2.75, 3.05) is 26.2 Å². The first-order valence-corrected chi connectivity index (χ1v) is 14.3. The summed E-state index contributed by atoms with van der Waals surface area (Å²) in [5, 5.41) is 0.159. The maximum atomic E-state index is 12.6. The van der Waals surface area contributed by atoms with Crippen LogP contribution in [0, 0.1) is 5.92 Å². The van der Waals surface area contributed by atoms with Crippen LogP contribution in [0.4, 0.5) is 4.79 Å². The molecule has 1 amide bonds. The Balaban J connectivity index is 1.95. The molecule has 1 atom stereocenters. The van der Waals surface area contributed by atoms with E-state index < -0.39 is 13.9 Å². The lowest BCUT2D eigenvalue weighted by Gasteiger charge is -2.41. The van der Waals surface area contributed by atoms with Crippen LogP contribution in [0.15, 0.2) is 0 Å². The summed E-state index contributed by atoms with van der Waals surface area (Å²) in [6.45, 7) is 25.9. The van der Waals surface area contributed by atoms with E-state index in [-0.39, 0.29) is 22.7 Å². The molecule has 6 heteroatoms. The predicted octanol–water partition coefficient (Wildman–Crippen LogP) is 5.51. The fraction of sp³-hybridized carbons (Fsp3) is 0.957. The van der Waals surface area contributed by atoms with Crippen molar-refractivity contribution in [3.8, 4) is 0 Å². The van der Waals surface area contributed by atoms with Gasteiger partial charge in [-0.05, 0) is 91.0 Å². The van der Waals surface area contributed by atoms with Crippen molar-refractivity contribution in [3.63, 3.8) is 0 Å². The number of piperidine rings is 1.